The van der Waals surface area contributed by atoms with Gasteiger partial charge in [0.2, 0.25) is 0 Å². The Balaban J connectivity index is 3.99. The summed E-state index contributed by atoms with van der Waals surface area (Å²) in [4.78, 5) is 21.9. The standard InChI is InChI=1S/C8H13ClO2/c1-8(2,3)7(11)4-6(10)5-9/h4-5H2,1-3H3. The molecule has 0 aliphatic rings. The zero-order chi connectivity index (χ0) is 9.07. The molecular weight excluding hydrogens is 164 g/mol. The number of ketones is 2. The largest absolute Gasteiger partial charge is 0.299 e. The maximum atomic E-state index is 11.2. The van der Waals surface area contributed by atoms with Crippen LogP contribution in [-0.4, -0.2) is 17.4 Å². The lowest BCUT2D eigenvalue weighted by Gasteiger charge is -2.14. The summed E-state index contributed by atoms with van der Waals surface area (Å²) in [6.07, 6.45) is -0.0347. The Morgan fingerprint density at radius 3 is 2.00 bits per heavy atom. The highest BCUT2D eigenvalue weighted by Gasteiger charge is 2.22. The van der Waals surface area contributed by atoms with Gasteiger partial charge in [-0.2, -0.15) is 0 Å². The highest BCUT2D eigenvalue weighted by molar-refractivity contribution is 6.29. The molecule has 0 aromatic carbocycles. The van der Waals surface area contributed by atoms with Gasteiger partial charge in [0.15, 0.2) is 5.78 Å². The van der Waals surface area contributed by atoms with Gasteiger partial charge in [-0.25, -0.2) is 0 Å². The molecule has 0 fully saturated rings. The zero-order valence-electron chi connectivity index (χ0n) is 7.11. The van der Waals surface area contributed by atoms with Crippen LogP contribution in [0.15, 0.2) is 0 Å². The summed E-state index contributed by atoms with van der Waals surface area (Å²) in [5, 5.41) is 0. The minimum atomic E-state index is -0.429. The van der Waals surface area contributed by atoms with E-state index in [1.807, 2.05) is 0 Å². The van der Waals surface area contributed by atoms with Crippen LogP contribution in [0.4, 0.5) is 0 Å². The fourth-order valence-corrected chi connectivity index (χ4v) is 0.586. The molecule has 0 amide bonds. The summed E-state index contributed by atoms with van der Waals surface area (Å²) in [5.74, 6) is -0.323. The van der Waals surface area contributed by atoms with Gasteiger partial charge in [-0.1, -0.05) is 20.8 Å². The predicted molar refractivity (Wildman–Crippen MR) is 44.8 cm³/mol. The van der Waals surface area contributed by atoms with Crippen molar-refractivity contribution in [1.29, 1.82) is 0 Å². The van der Waals surface area contributed by atoms with Gasteiger partial charge in [0.1, 0.15) is 5.78 Å². The van der Waals surface area contributed by atoms with Crippen molar-refractivity contribution in [3.05, 3.63) is 0 Å². The second-order valence-electron chi connectivity index (χ2n) is 3.52. The average Bonchev–Trinajstić information content (AvgIpc) is 1.85. The molecule has 0 saturated carbocycles. The molecule has 0 spiro atoms. The Morgan fingerprint density at radius 2 is 1.73 bits per heavy atom. The van der Waals surface area contributed by atoms with Crippen LogP contribution in [0, 0.1) is 5.41 Å². The van der Waals surface area contributed by atoms with E-state index in [1.54, 1.807) is 20.8 Å². The van der Waals surface area contributed by atoms with Crippen molar-refractivity contribution in [2.45, 2.75) is 27.2 Å². The molecule has 64 valence electrons. The normalized spacial score (nSPS) is 11.3. The molecule has 2 nitrogen and oxygen atoms in total. The molecule has 0 bridgehead atoms. The molecular formula is C8H13ClO2. The van der Waals surface area contributed by atoms with Gasteiger partial charge in [-0.3, -0.25) is 9.59 Å². The van der Waals surface area contributed by atoms with Gasteiger partial charge < -0.3 is 0 Å². The van der Waals surface area contributed by atoms with Crippen LogP contribution in [0.5, 0.6) is 0 Å². The van der Waals surface area contributed by atoms with Crippen molar-refractivity contribution >= 4 is 23.2 Å². The fraction of sp³-hybridized carbons (Fsp3) is 0.750. The Labute approximate surface area is 71.9 Å². The average molecular weight is 177 g/mol. The molecule has 0 N–H and O–H groups in total. The summed E-state index contributed by atoms with van der Waals surface area (Å²) in [7, 11) is 0. The van der Waals surface area contributed by atoms with E-state index >= 15 is 0 Å². The lowest BCUT2D eigenvalue weighted by molar-refractivity contribution is -0.130. The first kappa shape index (κ1) is 10.6. The minimum Gasteiger partial charge on any atom is -0.299 e. The van der Waals surface area contributed by atoms with E-state index in [-0.39, 0.29) is 23.9 Å². The van der Waals surface area contributed by atoms with E-state index < -0.39 is 5.41 Å². The van der Waals surface area contributed by atoms with Gasteiger partial charge in [0, 0.05) is 5.41 Å². The number of carbonyl (C=O) groups is 2. The van der Waals surface area contributed by atoms with E-state index in [1.165, 1.54) is 0 Å². The van der Waals surface area contributed by atoms with E-state index in [4.69, 9.17) is 11.6 Å². The van der Waals surface area contributed by atoms with E-state index in [0.717, 1.165) is 0 Å². The Kier molecular flexibility index (Phi) is 3.73. The number of alkyl halides is 1. The van der Waals surface area contributed by atoms with Crippen LogP contribution in [-0.2, 0) is 9.59 Å². The summed E-state index contributed by atoms with van der Waals surface area (Å²) in [5.41, 5.74) is -0.429. The molecule has 0 radical (unpaired) electrons. The van der Waals surface area contributed by atoms with E-state index in [9.17, 15) is 9.59 Å². The minimum absolute atomic E-state index is 0.0347. The molecule has 0 heterocycles. The number of carbonyl (C=O) groups excluding carboxylic acids is 2. The lowest BCUT2D eigenvalue weighted by atomic mass is 9.88. The second-order valence-corrected chi connectivity index (χ2v) is 3.79. The molecule has 0 unspecified atom stereocenters. The first-order chi connectivity index (χ1) is 4.88. The quantitative estimate of drug-likeness (QED) is 0.486. The summed E-state index contributed by atoms with van der Waals surface area (Å²) >= 11 is 5.24. The smallest absolute Gasteiger partial charge is 0.154 e. The third-order valence-electron chi connectivity index (χ3n) is 1.34. The summed E-state index contributed by atoms with van der Waals surface area (Å²) in [6.45, 7) is 5.37. The predicted octanol–water partition coefficient (Wildman–Crippen LogP) is 1.80. The van der Waals surface area contributed by atoms with Crippen molar-refractivity contribution in [2.24, 2.45) is 5.41 Å². The highest BCUT2D eigenvalue weighted by atomic mass is 35.5. The fourth-order valence-electron chi connectivity index (χ4n) is 0.491. The second kappa shape index (κ2) is 3.86. The van der Waals surface area contributed by atoms with Gasteiger partial charge >= 0.3 is 0 Å². The van der Waals surface area contributed by atoms with Gasteiger partial charge in [-0.15, -0.1) is 11.6 Å². The van der Waals surface area contributed by atoms with Crippen molar-refractivity contribution in [2.75, 3.05) is 5.88 Å². The Bertz CT molecular complexity index is 167. The lowest BCUT2D eigenvalue weighted by Crippen LogP contribution is -2.23. The summed E-state index contributed by atoms with van der Waals surface area (Å²) in [6, 6.07) is 0. The van der Waals surface area contributed by atoms with Crippen LogP contribution in [0.1, 0.15) is 27.2 Å². The molecule has 0 rings (SSSR count). The van der Waals surface area contributed by atoms with Crippen LogP contribution >= 0.6 is 11.6 Å². The third-order valence-corrected chi connectivity index (χ3v) is 1.64. The number of hydrogen-bond acceptors (Lipinski definition) is 2. The number of hydrogen-bond donors (Lipinski definition) is 0. The molecule has 0 aromatic rings. The SMILES string of the molecule is CC(C)(C)C(=O)CC(=O)CCl. The molecule has 0 saturated heterocycles. The van der Waals surface area contributed by atoms with Gasteiger partial charge in [0.25, 0.3) is 0 Å². The molecule has 0 aliphatic carbocycles. The van der Waals surface area contributed by atoms with Crippen LogP contribution < -0.4 is 0 Å². The van der Waals surface area contributed by atoms with Gasteiger partial charge in [0.05, 0.1) is 12.3 Å². The summed E-state index contributed by atoms with van der Waals surface area (Å²) < 4.78 is 0. The zero-order valence-corrected chi connectivity index (χ0v) is 7.86. The molecule has 11 heavy (non-hydrogen) atoms. The number of Topliss-reactive ketones (excluding diaryl/α,β-unsaturated/α-hetero) is 2. The molecule has 0 aromatic heterocycles. The van der Waals surface area contributed by atoms with Crippen molar-refractivity contribution in [3.63, 3.8) is 0 Å². The Hall–Kier alpha value is -0.370. The topological polar surface area (TPSA) is 34.1 Å². The van der Waals surface area contributed by atoms with Gasteiger partial charge in [-0.05, 0) is 0 Å². The van der Waals surface area contributed by atoms with E-state index in [0.29, 0.717) is 0 Å². The maximum absolute atomic E-state index is 11.2. The number of rotatable bonds is 3. The molecule has 3 heteroatoms. The maximum Gasteiger partial charge on any atom is 0.154 e. The van der Waals surface area contributed by atoms with Crippen molar-refractivity contribution < 1.29 is 9.59 Å². The third kappa shape index (κ3) is 4.14. The van der Waals surface area contributed by atoms with Crippen LogP contribution in [0.2, 0.25) is 0 Å². The Morgan fingerprint density at radius 1 is 1.27 bits per heavy atom. The van der Waals surface area contributed by atoms with Crippen molar-refractivity contribution in [3.8, 4) is 0 Å². The highest BCUT2D eigenvalue weighted by Crippen LogP contribution is 2.16. The van der Waals surface area contributed by atoms with E-state index in [2.05, 4.69) is 0 Å². The van der Waals surface area contributed by atoms with Crippen molar-refractivity contribution in [1.82, 2.24) is 0 Å². The first-order valence-electron chi connectivity index (χ1n) is 3.49. The van der Waals surface area contributed by atoms with Crippen LogP contribution in [0.25, 0.3) is 0 Å². The van der Waals surface area contributed by atoms with Crippen LogP contribution in [0.3, 0.4) is 0 Å². The molecule has 0 atom stereocenters. The first-order valence-corrected chi connectivity index (χ1v) is 4.02. The number of halogens is 1. The monoisotopic (exact) mass is 176 g/mol. The molecule has 0 aliphatic heterocycles.